The molecule has 0 spiro atoms. The van der Waals surface area contributed by atoms with Crippen molar-refractivity contribution in [3.05, 3.63) is 57.8 Å². The molecule has 7 heteroatoms. The number of hydrogen-bond donors (Lipinski definition) is 1. The van der Waals surface area contributed by atoms with Crippen molar-refractivity contribution in [3.63, 3.8) is 0 Å². The van der Waals surface area contributed by atoms with Gasteiger partial charge in [0.25, 0.3) is 5.56 Å². The summed E-state index contributed by atoms with van der Waals surface area (Å²) in [4.78, 5) is 25.2. The Morgan fingerprint density at radius 2 is 2.00 bits per heavy atom. The number of aromatic nitrogens is 4. The van der Waals surface area contributed by atoms with E-state index in [1.807, 2.05) is 32.0 Å². The Morgan fingerprint density at radius 3 is 2.77 bits per heavy atom. The minimum absolute atomic E-state index is 0.0802. The molecule has 6 nitrogen and oxygen atoms in total. The second-order valence-corrected chi connectivity index (χ2v) is 5.89. The van der Waals surface area contributed by atoms with Crippen LogP contribution in [0.2, 0.25) is 0 Å². The number of anilines is 1. The number of pyridine rings is 1. The molecular weight excluding hydrogens is 298 g/mol. The first-order valence-electron chi connectivity index (χ1n) is 6.75. The molecular formula is C15H15N5OS. The monoisotopic (exact) mass is 313 g/mol. The van der Waals surface area contributed by atoms with Gasteiger partial charge in [-0.1, -0.05) is 17.8 Å². The second-order valence-electron chi connectivity index (χ2n) is 4.95. The van der Waals surface area contributed by atoms with Crippen LogP contribution in [0.15, 0.2) is 40.3 Å². The Bertz CT molecular complexity index is 886. The third-order valence-corrected chi connectivity index (χ3v) is 4.02. The molecule has 0 saturated carbocycles. The maximum Gasteiger partial charge on any atom is 0.258 e. The lowest BCUT2D eigenvalue weighted by Crippen LogP contribution is -2.17. The molecule has 0 saturated heterocycles. The lowest BCUT2D eigenvalue weighted by atomic mass is 10.3. The summed E-state index contributed by atoms with van der Waals surface area (Å²) in [6, 6.07) is 8.86. The summed E-state index contributed by atoms with van der Waals surface area (Å²) in [6.07, 6.45) is 0. The first-order valence-corrected chi connectivity index (χ1v) is 7.74. The van der Waals surface area contributed by atoms with E-state index < -0.39 is 0 Å². The van der Waals surface area contributed by atoms with Gasteiger partial charge < -0.3 is 5.73 Å². The molecule has 0 amide bonds. The van der Waals surface area contributed by atoms with Crippen molar-refractivity contribution >= 4 is 23.2 Å². The van der Waals surface area contributed by atoms with E-state index in [9.17, 15) is 4.79 Å². The van der Waals surface area contributed by atoms with Crippen LogP contribution < -0.4 is 11.3 Å². The van der Waals surface area contributed by atoms with Gasteiger partial charge in [-0.05, 0) is 26.0 Å². The maximum atomic E-state index is 12.2. The van der Waals surface area contributed by atoms with Gasteiger partial charge in [0.15, 0.2) is 5.16 Å². The van der Waals surface area contributed by atoms with Gasteiger partial charge >= 0.3 is 0 Å². The molecule has 0 unspecified atom stereocenters. The predicted octanol–water partition coefficient (Wildman–Crippen LogP) is 1.98. The fourth-order valence-corrected chi connectivity index (χ4v) is 3.01. The van der Waals surface area contributed by atoms with Gasteiger partial charge in [0, 0.05) is 29.3 Å². The largest absolute Gasteiger partial charge is 0.384 e. The highest BCUT2D eigenvalue weighted by molar-refractivity contribution is 7.98. The van der Waals surface area contributed by atoms with Gasteiger partial charge in [-0.25, -0.2) is 15.0 Å². The Hall–Kier alpha value is -2.41. The standard InChI is InChI=1S/C15H15N5OS/c1-9-6-12(16)19-15(17-9)22-8-11-7-14(21)20-10(2)4-3-5-13(20)18-11/h3-7H,8H2,1-2H3,(H2,16,17,19). The van der Waals surface area contributed by atoms with Crippen molar-refractivity contribution in [3.8, 4) is 0 Å². The molecule has 3 aromatic heterocycles. The Kier molecular flexibility index (Phi) is 3.81. The number of thioether (sulfide) groups is 1. The Labute approximate surface area is 131 Å². The summed E-state index contributed by atoms with van der Waals surface area (Å²) in [5, 5.41) is 0.587. The summed E-state index contributed by atoms with van der Waals surface area (Å²) in [5.74, 6) is 0.958. The molecule has 0 aliphatic carbocycles. The zero-order valence-corrected chi connectivity index (χ0v) is 13.1. The molecule has 0 atom stereocenters. The molecule has 0 fully saturated rings. The molecule has 0 aliphatic rings. The highest BCUT2D eigenvalue weighted by Crippen LogP contribution is 2.19. The zero-order valence-electron chi connectivity index (χ0n) is 12.3. The molecule has 2 N–H and O–H groups in total. The average Bonchev–Trinajstić information content (AvgIpc) is 2.44. The zero-order chi connectivity index (χ0) is 15.7. The average molecular weight is 313 g/mol. The predicted molar refractivity (Wildman–Crippen MR) is 86.9 cm³/mol. The Balaban J connectivity index is 1.90. The number of nitrogens with zero attached hydrogens (tertiary/aromatic N) is 4. The first kappa shape index (κ1) is 14.5. The van der Waals surface area contributed by atoms with Crippen molar-refractivity contribution in [2.45, 2.75) is 24.8 Å². The minimum Gasteiger partial charge on any atom is -0.384 e. The van der Waals surface area contributed by atoms with Gasteiger partial charge in [0.1, 0.15) is 11.5 Å². The molecule has 0 radical (unpaired) electrons. The number of nitrogen functional groups attached to an aromatic ring is 1. The van der Waals surface area contributed by atoms with Crippen molar-refractivity contribution in [1.29, 1.82) is 0 Å². The van der Waals surface area contributed by atoms with Crippen LogP contribution in [0.4, 0.5) is 5.82 Å². The summed E-state index contributed by atoms with van der Waals surface area (Å²) >= 11 is 1.41. The molecule has 0 bridgehead atoms. The van der Waals surface area contributed by atoms with Crippen LogP contribution in [-0.2, 0) is 5.75 Å². The molecule has 0 aliphatic heterocycles. The van der Waals surface area contributed by atoms with Crippen LogP contribution in [0.25, 0.3) is 5.65 Å². The number of rotatable bonds is 3. The fourth-order valence-electron chi connectivity index (χ4n) is 2.21. The van der Waals surface area contributed by atoms with E-state index in [2.05, 4.69) is 15.0 Å². The second kappa shape index (κ2) is 5.76. The van der Waals surface area contributed by atoms with Gasteiger partial charge in [-0.2, -0.15) is 0 Å². The van der Waals surface area contributed by atoms with Gasteiger partial charge in [0.2, 0.25) is 0 Å². The molecule has 3 heterocycles. The van der Waals surface area contributed by atoms with Crippen molar-refractivity contribution < 1.29 is 0 Å². The lowest BCUT2D eigenvalue weighted by Gasteiger charge is -2.06. The summed E-state index contributed by atoms with van der Waals surface area (Å²) in [7, 11) is 0. The van der Waals surface area contributed by atoms with Crippen molar-refractivity contribution in [1.82, 2.24) is 19.4 Å². The SMILES string of the molecule is Cc1cc(N)nc(SCc2cc(=O)n3c(C)cccc3n2)n1. The molecule has 112 valence electrons. The van der Waals surface area contributed by atoms with E-state index in [0.717, 1.165) is 11.4 Å². The quantitative estimate of drug-likeness (QED) is 0.588. The van der Waals surface area contributed by atoms with Crippen LogP contribution in [0.3, 0.4) is 0 Å². The highest BCUT2D eigenvalue weighted by Gasteiger charge is 2.07. The maximum absolute atomic E-state index is 12.2. The molecule has 3 aromatic rings. The number of aryl methyl sites for hydroxylation is 2. The van der Waals surface area contributed by atoms with Crippen LogP contribution in [0.5, 0.6) is 0 Å². The van der Waals surface area contributed by atoms with Crippen LogP contribution in [0.1, 0.15) is 17.1 Å². The third kappa shape index (κ3) is 2.94. The van der Waals surface area contributed by atoms with E-state index in [0.29, 0.717) is 28.1 Å². The first-order chi connectivity index (χ1) is 10.5. The molecule has 0 aromatic carbocycles. The van der Waals surface area contributed by atoms with Crippen LogP contribution in [-0.4, -0.2) is 19.4 Å². The summed E-state index contributed by atoms with van der Waals surface area (Å²) in [6.45, 7) is 3.75. The van der Waals surface area contributed by atoms with Crippen LogP contribution in [0, 0.1) is 13.8 Å². The van der Waals surface area contributed by atoms with Crippen molar-refractivity contribution in [2.24, 2.45) is 0 Å². The normalized spacial score (nSPS) is 11.0. The topological polar surface area (TPSA) is 86.2 Å². The van der Waals surface area contributed by atoms with Gasteiger partial charge in [-0.3, -0.25) is 9.20 Å². The van der Waals surface area contributed by atoms with E-state index in [4.69, 9.17) is 5.73 Å². The summed E-state index contributed by atoms with van der Waals surface area (Å²) < 4.78 is 1.59. The van der Waals surface area contributed by atoms with Crippen molar-refractivity contribution in [2.75, 3.05) is 5.73 Å². The van der Waals surface area contributed by atoms with Gasteiger partial charge in [-0.15, -0.1) is 0 Å². The number of nitrogens with two attached hydrogens (primary N) is 1. The van der Waals surface area contributed by atoms with E-state index in [1.165, 1.54) is 11.8 Å². The Morgan fingerprint density at radius 1 is 1.18 bits per heavy atom. The summed E-state index contributed by atoms with van der Waals surface area (Å²) in [5.41, 5.74) is 8.66. The number of hydrogen-bond acceptors (Lipinski definition) is 6. The van der Waals surface area contributed by atoms with E-state index in [-0.39, 0.29) is 5.56 Å². The highest BCUT2D eigenvalue weighted by atomic mass is 32.2. The molecule has 22 heavy (non-hydrogen) atoms. The smallest absolute Gasteiger partial charge is 0.258 e. The molecule has 3 rings (SSSR count). The minimum atomic E-state index is -0.0802. The third-order valence-electron chi connectivity index (χ3n) is 3.14. The van der Waals surface area contributed by atoms with E-state index in [1.54, 1.807) is 16.5 Å². The lowest BCUT2D eigenvalue weighted by molar-refractivity contribution is 0.935. The van der Waals surface area contributed by atoms with E-state index >= 15 is 0 Å². The van der Waals surface area contributed by atoms with Gasteiger partial charge in [0.05, 0.1) is 5.69 Å². The fraction of sp³-hybridized carbons (Fsp3) is 0.200. The number of fused-ring (bicyclic) bond motifs is 1. The van der Waals surface area contributed by atoms with Crippen LogP contribution >= 0.6 is 11.8 Å².